The van der Waals surface area contributed by atoms with E-state index in [2.05, 4.69) is 5.32 Å². The van der Waals surface area contributed by atoms with Crippen molar-refractivity contribution >= 4 is 29.3 Å². The standard InChI is InChI=1S/C16H23NO3S/c1-11-7-8-21-13(11)5-6-14(18)17-10-12(15(19)20)9-16(2,3)4/h5-8,12H,9-10H2,1-4H3,(H,17,18)(H,19,20)/b6-5+. The number of hydrogen-bond acceptors (Lipinski definition) is 3. The highest BCUT2D eigenvalue weighted by Crippen LogP contribution is 2.24. The van der Waals surface area contributed by atoms with Crippen LogP contribution in [0.4, 0.5) is 0 Å². The largest absolute Gasteiger partial charge is 0.481 e. The van der Waals surface area contributed by atoms with E-state index in [9.17, 15) is 14.7 Å². The molecule has 1 amide bonds. The molecule has 0 aromatic carbocycles. The van der Waals surface area contributed by atoms with Crippen molar-refractivity contribution in [3.8, 4) is 0 Å². The Labute approximate surface area is 129 Å². The zero-order valence-electron chi connectivity index (χ0n) is 13.0. The fourth-order valence-electron chi connectivity index (χ4n) is 1.98. The first kappa shape index (κ1) is 17.4. The Hall–Kier alpha value is -1.62. The van der Waals surface area contributed by atoms with E-state index < -0.39 is 11.9 Å². The molecule has 116 valence electrons. The average Bonchev–Trinajstić information content (AvgIpc) is 2.76. The Morgan fingerprint density at radius 3 is 2.57 bits per heavy atom. The Bertz CT molecular complexity index is 526. The number of carboxylic acids is 1. The molecule has 1 aromatic heterocycles. The minimum absolute atomic E-state index is 0.0856. The van der Waals surface area contributed by atoms with Crippen LogP contribution in [-0.2, 0) is 9.59 Å². The SMILES string of the molecule is Cc1ccsc1/C=C/C(=O)NCC(CC(C)(C)C)C(=O)O. The molecule has 0 saturated heterocycles. The monoisotopic (exact) mass is 309 g/mol. The van der Waals surface area contributed by atoms with Crippen LogP contribution in [0.5, 0.6) is 0 Å². The van der Waals surface area contributed by atoms with Gasteiger partial charge < -0.3 is 10.4 Å². The Kier molecular flexibility index (Phi) is 6.15. The Balaban J connectivity index is 2.52. The van der Waals surface area contributed by atoms with Gasteiger partial charge in [0.05, 0.1) is 5.92 Å². The number of rotatable bonds is 6. The van der Waals surface area contributed by atoms with Crippen molar-refractivity contribution < 1.29 is 14.7 Å². The lowest BCUT2D eigenvalue weighted by Gasteiger charge is -2.23. The quantitative estimate of drug-likeness (QED) is 0.792. The number of carboxylic acid groups (broad SMARTS) is 1. The molecular formula is C16H23NO3S. The summed E-state index contributed by atoms with van der Waals surface area (Å²) in [7, 11) is 0. The first-order valence-corrected chi connectivity index (χ1v) is 7.80. The molecule has 1 rings (SSSR count). The van der Waals surface area contributed by atoms with Gasteiger partial charge in [0, 0.05) is 17.5 Å². The van der Waals surface area contributed by atoms with Crippen molar-refractivity contribution in [2.45, 2.75) is 34.1 Å². The van der Waals surface area contributed by atoms with E-state index in [0.717, 1.165) is 10.4 Å². The summed E-state index contributed by atoms with van der Waals surface area (Å²) in [5.41, 5.74) is 1.04. The van der Waals surface area contributed by atoms with Gasteiger partial charge in [-0.2, -0.15) is 0 Å². The van der Waals surface area contributed by atoms with Crippen molar-refractivity contribution in [1.29, 1.82) is 0 Å². The van der Waals surface area contributed by atoms with Gasteiger partial charge in [-0.25, -0.2) is 0 Å². The normalized spacial score (nSPS) is 13.3. The third-order valence-corrected chi connectivity index (χ3v) is 4.00. The summed E-state index contributed by atoms with van der Waals surface area (Å²) in [6, 6.07) is 1.99. The molecule has 0 aliphatic rings. The van der Waals surface area contributed by atoms with Gasteiger partial charge in [0.2, 0.25) is 5.91 Å². The summed E-state index contributed by atoms with van der Waals surface area (Å²) in [4.78, 5) is 24.0. The molecule has 0 radical (unpaired) electrons. The highest BCUT2D eigenvalue weighted by Gasteiger charge is 2.24. The lowest BCUT2D eigenvalue weighted by molar-refractivity contribution is -0.142. The van der Waals surface area contributed by atoms with Gasteiger partial charge >= 0.3 is 5.97 Å². The maximum atomic E-state index is 11.8. The molecule has 0 aliphatic heterocycles. The van der Waals surface area contributed by atoms with Crippen LogP contribution >= 0.6 is 11.3 Å². The van der Waals surface area contributed by atoms with Crippen molar-refractivity contribution in [2.75, 3.05) is 6.54 Å². The number of aryl methyl sites for hydroxylation is 1. The van der Waals surface area contributed by atoms with E-state index >= 15 is 0 Å². The molecule has 0 bridgehead atoms. The molecule has 1 atom stereocenters. The van der Waals surface area contributed by atoms with Crippen LogP contribution in [0.1, 0.15) is 37.6 Å². The number of hydrogen-bond donors (Lipinski definition) is 2. The fraction of sp³-hybridized carbons (Fsp3) is 0.500. The Morgan fingerprint density at radius 1 is 1.43 bits per heavy atom. The van der Waals surface area contributed by atoms with Crippen molar-refractivity contribution in [2.24, 2.45) is 11.3 Å². The summed E-state index contributed by atoms with van der Waals surface area (Å²) < 4.78 is 0. The fourth-order valence-corrected chi connectivity index (χ4v) is 2.79. The van der Waals surface area contributed by atoms with Gasteiger partial charge in [-0.05, 0) is 41.8 Å². The number of amides is 1. The first-order valence-electron chi connectivity index (χ1n) is 6.92. The van der Waals surface area contributed by atoms with Gasteiger partial charge in [-0.1, -0.05) is 20.8 Å². The van der Waals surface area contributed by atoms with E-state index in [-0.39, 0.29) is 17.9 Å². The van der Waals surface area contributed by atoms with Crippen LogP contribution in [0.3, 0.4) is 0 Å². The van der Waals surface area contributed by atoms with E-state index in [1.807, 2.05) is 39.1 Å². The first-order chi connectivity index (χ1) is 9.69. The van der Waals surface area contributed by atoms with Crippen molar-refractivity contribution in [1.82, 2.24) is 5.32 Å². The Morgan fingerprint density at radius 2 is 2.10 bits per heavy atom. The van der Waals surface area contributed by atoms with Crippen LogP contribution in [0.25, 0.3) is 6.08 Å². The second kappa shape index (κ2) is 7.41. The minimum Gasteiger partial charge on any atom is -0.481 e. The molecule has 21 heavy (non-hydrogen) atoms. The minimum atomic E-state index is -0.872. The molecule has 5 heteroatoms. The van der Waals surface area contributed by atoms with E-state index in [1.165, 1.54) is 6.08 Å². The molecule has 2 N–H and O–H groups in total. The number of carbonyl (C=O) groups excluding carboxylic acids is 1. The van der Waals surface area contributed by atoms with E-state index in [4.69, 9.17) is 0 Å². The molecule has 0 saturated carbocycles. The van der Waals surface area contributed by atoms with Gasteiger partial charge in [-0.15, -0.1) is 11.3 Å². The summed E-state index contributed by atoms with van der Waals surface area (Å²) in [6.07, 6.45) is 3.74. The highest BCUT2D eigenvalue weighted by molar-refractivity contribution is 7.11. The van der Waals surface area contributed by atoms with Crippen LogP contribution < -0.4 is 5.32 Å². The zero-order valence-corrected chi connectivity index (χ0v) is 13.8. The molecule has 4 nitrogen and oxygen atoms in total. The predicted octanol–water partition coefficient (Wildman–Crippen LogP) is 3.32. The number of nitrogens with one attached hydrogen (secondary N) is 1. The van der Waals surface area contributed by atoms with Crippen LogP contribution in [0, 0.1) is 18.3 Å². The van der Waals surface area contributed by atoms with E-state index in [1.54, 1.807) is 17.4 Å². The lowest BCUT2D eigenvalue weighted by atomic mass is 9.84. The summed E-state index contributed by atoms with van der Waals surface area (Å²) in [6.45, 7) is 8.11. The molecule has 0 spiro atoms. The second-order valence-corrected chi connectivity index (χ2v) is 7.29. The van der Waals surface area contributed by atoms with Crippen LogP contribution in [-0.4, -0.2) is 23.5 Å². The second-order valence-electron chi connectivity index (χ2n) is 6.35. The van der Waals surface area contributed by atoms with Crippen LogP contribution in [0.2, 0.25) is 0 Å². The topological polar surface area (TPSA) is 66.4 Å². The average molecular weight is 309 g/mol. The molecule has 1 aromatic rings. The summed E-state index contributed by atoms with van der Waals surface area (Å²) >= 11 is 1.57. The van der Waals surface area contributed by atoms with E-state index in [0.29, 0.717) is 6.42 Å². The van der Waals surface area contributed by atoms with Crippen molar-refractivity contribution in [3.63, 3.8) is 0 Å². The molecule has 1 unspecified atom stereocenters. The number of thiophene rings is 1. The van der Waals surface area contributed by atoms with Gasteiger partial charge in [0.15, 0.2) is 0 Å². The third kappa shape index (κ3) is 6.58. The number of aliphatic carboxylic acids is 1. The summed E-state index contributed by atoms with van der Waals surface area (Å²) in [5, 5.41) is 13.8. The maximum Gasteiger partial charge on any atom is 0.308 e. The zero-order chi connectivity index (χ0) is 16.0. The van der Waals surface area contributed by atoms with Gasteiger partial charge in [0.25, 0.3) is 0 Å². The highest BCUT2D eigenvalue weighted by atomic mass is 32.1. The van der Waals surface area contributed by atoms with Gasteiger partial charge in [0.1, 0.15) is 0 Å². The molecule has 1 heterocycles. The molecule has 0 aliphatic carbocycles. The molecular weight excluding hydrogens is 286 g/mol. The summed E-state index contributed by atoms with van der Waals surface area (Å²) in [5.74, 6) is -1.70. The van der Waals surface area contributed by atoms with Gasteiger partial charge in [-0.3, -0.25) is 9.59 Å². The maximum absolute atomic E-state index is 11.8. The van der Waals surface area contributed by atoms with Crippen molar-refractivity contribution in [3.05, 3.63) is 28.0 Å². The third-order valence-electron chi connectivity index (χ3n) is 3.02. The smallest absolute Gasteiger partial charge is 0.308 e. The molecule has 0 fully saturated rings. The number of carbonyl (C=O) groups is 2. The lowest BCUT2D eigenvalue weighted by Crippen LogP contribution is -2.34. The predicted molar refractivity (Wildman–Crippen MR) is 86.3 cm³/mol. The van der Waals surface area contributed by atoms with Crippen LogP contribution in [0.15, 0.2) is 17.5 Å².